The minimum Gasteiger partial charge on any atom is -0.497 e. The van der Waals surface area contributed by atoms with E-state index in [9.17, 15) is 9.59 Å². The Labute approximate surface area is 158 Å². The molecule has 5 nitrogen and oxygen atoms in total. The molecule has 0 saturated carbocycles. The summed E-state index contributed by atoms with van der Waals surface area (Å²) in [6.07, 6.45) is -0.708. The molecular formula is C22H20N2O3. The molecule has 0 saturated heterocycles. The molecule has 2 amide bonds. The number of benzene rings is 3. The second-order valence-electron chi connectivity index (χ2n) is 5.89. The van der Waals surface area contributed by atoms with Gasteiger partial charge in [-0.3, -0.25) is 9.59 Å². The molecule has 3 aromatic rings. The van der Waals surface area contributed by atoms with Crippen molar-refractivity contribution in [1.82, 2.24) is 10.6 Å². The fourth-order valence-electron chi connectivity index (χ4n) is 2.63. The van der Waals surface area contributed by atoms with Gasteiger partial charge >= 0.3 is 0 Å². The zero-order valence-corrected chi connectivity index (χ0v) is 14.9. The summed E-state index contributed by atoms with van der Waals surface area (Å²) in [5.41, 5.74) is 1.74. The summed E-state index contributed by atoms with van der Waals surface area (Å²) in [5.74, 6) is 0.0778. The first-order valence-electron chi connectivity index (χ1n) is 8.53. The molecule has 0 unspecified atom stereocenters. The van der Waals surface area contributed by atoms with Crippen LogP contribution in [-0.4, -0.2) is 18.9 Å². The van der Waals surface area contributed by atoms with E-state index in [0.29, 0.717) is 22.4 Å². The summed E-state index contributed by atoms with van der Waals surface area (Å²) in [6.45, 7) is 0. The van der Waals surface area contributed by atoms with Crippen LogP contribution in [0.2, 0.25) is 0 Å². The third kappa shape index (κ3) is 4.73. The molecule has 0 atom stereocenters. The van der Waals surface area contributed by atoms with E-state index in [-0.39, 0.29) is 11.8 Å². The number of nitrogens with one attached hydrogen (secondary N) is 2. The molecule has 27 heavy (non-hydrogen) atoms. The fraction of sp³-hybridized carbons (Fsp3) is 0.0909. The van der Waals surface area contributed by atoms with Crippen LogP contribution in [0.5, 0.6) is 5.75 Å². The Kier molecular flexibility index (Phi) is 5.84. The Morgan fingerprint density at radius 2 is 1.26 bits per heavy atom. The summed E-state index contributed by atoms with van der Waals surface area (Å²) in [5, 5.41) is 5.75. The van der Waals surface area contributed by atoms with Gasteiger partial charge in [0, 0.05) is 11.1 Å². The van der Waals surface area contributed by atoms with Crippen LogP contribution in [0.3, 0.4) is 0 Å². The van der Waals surface area contributed by atoms with Gasteiger partial charge in [0.1, 0.15) is 11.9 Å². The minimum absolute atomic E-state index is 0.281. The zero-order valence-electron chi connectivity index (χ0n) is 14.9. The van der Waals surface area contributed by atoms with Crippen molar-refractivity contribution in [2.75, 3.05) is 7.11 Å². The van der Waals surface area contributed by atoms with Crippen LogP contribution in [0.15, 0.2) is 84.9 Å². The number of rotatable bonds is 6. The van der Waals surface area contributed by atoms with Crippen LogP contribution < -0.4 is 15.4 Å². The van der Waals surface area contributed by atoms with E-state index >= 15 is 0 Å². The molecule has 0 heterocycles. The van der Waals surface area contributed by atoms with Gasteiger partial charge in [0.2, 0.25) is 0 Å². The summed E-state index contributed by atoms with van der Waals surface area (Å²) in [7, 11) is 1.57. The number of carbonyl (C=O) groups is 2. The molecule has 0 aromatic heterocycles. The van der Waals surface area contributed by atoms with Gasteiger partial charge in [-0.15, -0.1) is 0 Å². The highest BCUT2D eigenvalue weighted by molar-refractivity contribution is 5.96. The summed E-state index contributed by atoms with van der Waals surface area (Å²) < 4.78 is 5.26. The average molecular weight is 360 g/mol. The van der Waals surface area contributed by atoms with E-state index in [4.69, 9.17) is 4.74 Å². The van der Waals surface area contributed by atoms with Gasteiger partial charge in [0.15, 0.2) is 0 Å². The summed E-state index contributed by atoms with van der Waals surface area (Å²) >= 11 is 0. The topological polar surface area (TPSA) is 67.4 Å². The van der Waals surface area contributed by atoms with Gasteiger partial charge in [0.05, 0.1) is 7.11 Å². The molecule has 3 aromatic carbocycles. The van der Waals surface area contributed by atoms with Crippen LogP contribution in [-0.2, 0) is 0 Å². The Bertz CT molecular complexity index is 858. The number of hydrogen-bond donors (Lipinski definition) is 2. The maximum absolute atomic E-state index is 12.6. The van der Waals surface area contributed by atoms with Crippen LogP contribution >= 0.6 is 0 Å². The normalized spacial score (nSPS) is 10.3. The molecule has 5 heteroatoms. The Balaban J connectivity index is 1.86. The molecule has 0 bridgehead atoms. The Morgan fingerprint density at radius 3 is 1.74 bits per heavy atom. The molecule has 3 rings (SSSR count). The van der Waals surface area contributed by atoms with Gasteiger partial charge in [-0.25, -0.2) is 0 Å². The smallest absolute Gasteiger partial charge is 0.253 e. The van der Waals surface area contributed by atoms with Gasteiger partial charge in [-0.1, -0.05) is 48.5 Å². The zero-order chi connectivity index (χ0) is 19.1. The Hall–Kier alpha value is -3.60. The molecule has 0 aliphatic rings. The SMILES string of the molecule is COc1cccc(C(NC(=O)c2ccccc2)NC(=O)c2ccccc2)c1. The highest BCUT2D eigenvalue weighted by atomic mass is 16.5. The van der Waals surface area contributed by atoms with Crippen molar-refractivity contribution >= 4 is 11.8 Å². The van der Waals surface area contributed by atoms with E-state index in [0.717, 1.165) is 0 Å². The van der Waals surface area contributed by atoms with Gasteiger partial charge in [-0.2, -0.15) is 0 Å². The molecule has 0 fully saturated rings. The lowest BCUT2D eigenvalue weighted by atomic mass is 10.1. The molecule has 0 radical (unpaired) electrons. The van der Waals surface area contributed by atoms with E-state index in [1.807, 2.05) is 24.3 Å². The van der Waals surface area contributed by atoms with Crippen molar-refractivity contribution in [2.45, 2.75) is 6.17 Å². The molecule has 0 aliphatic carbocycles. The van der Waals surface area contributed by atoms with E-state index < -0.39 is 6.17 Å². The number of methoxy groups -OCH3 is 1. The lowest BCUT2D eigenvalue weighted by molar-refractivity contribution is 0.0883. The first kappa shape index (κ1) is 18.2. The van der Waals surface area contributed by atoms with Crippen molar-refractivity contribution in [2.24, 2.45) is 0 Å². The third-order valence-electron chi connectivity index (χ3n) is 4.05. The van der Waals surface area contributed by atoms with Crippen LogP contribution in [0.1, 0.15) is 32.4 Å². The Morgan fingerprint density at radius 1 is 0.741 bits per heavy atom. The number of ether oxygens (including phenoxy) is 1. The number of carbonyl (C=O) groups excluding carboxylic acids is 2. The lowest BCUT2D eigenvalue weighted by Crippen LogP contribution is -2.41. The van der Waals surface area contributed by atoms with Gasteiger partial charge in [0.25, 0.3) is 11.8 Å². The molecule has 136 valence electrons. The second kappa shape index (κ2) is 8.67. The van der Waals surface area contributed by atoms with Crippen LogP contribution in [0.4, 0.5) is 0 Å². The quantitative estimate of drug-likeness (QED) is 0.661. The summed E-state index contributed by atoms with van der Waals surface area (Å²) in [4.78, 5) is 25.2. The number of hydrogen-bond acceptors (Lipinski definition) is 3. The minimum atomic E-state index is -0.708. The maximum Gasteiger partial charge on any atom is 0.253 e. The van der Waals surface area contributed by atoms with Crippen molar-refractivity contribution in [3.63, 3.8) is 0 Å². The standard InChI is InChI=1S/C22H20N2O3/c1-27-19-14-8-13-18(15-19)20(23-21(25)16-9-4-2-5-10-16)24-22(26)17-11-6-3-7-12-17/h2-15,20H,1H3,(H,23,25)(H,24,26). The predicted octanol–water partition coefficient (Wildman–Crippen LogP) is 3.55. The van der Waals surface area contributed by atoms with Crippen molar-refractivity contribution in [3.05, 3.63) is 102 Å². The van der Waals surface area contributed by atoms with E-state index in [1.54, 1.807) is 67.8 Å². The van der Waals surface area contributed by atoms with Crippen molar-refractivity contribution in [3.8, 4) is 5.75 Å². The average Bonchev–Trinajstić information content (AvgIpc) is 2.74. The van der Waals surface area contributed by atoms with Gasteiger partial charge < -0.3 is 15.4 Å². The van der Waals surface area contributed by atoms with Crippen LogP contribution in [0, 0.1) is 0 Å². The fourth-order valence-corrected chi connectivity index (χ4v) is 2.63. The molecule has 0 spiro atoms. The van der Waals surface area contributed by atoms with Crippen molar-refractivity contribution < 1.29 is 14.3 Å². The monoisotopic (exact) mass is 360 g/mol. The first-order chi connectivity index (χ1) is 13.2. The predicted molar refractivity (Wildman–Crippen MR) is 104 cm³/mol. The van der Waals surface area contributed by atoms with Crippen LogP contribution in [0.25, 0.3) is 0 Å². The second-order valence-corrected chi connectivity index (χ2v) is 5.89. The first-order valence-corrected chi connectivity index (χ1v) is 8.53. The maximum atomic E-state index is 12.6. The highest BCUT2D eigenvalue weighted by Gasteiger charge is 2.19. The van der Waals surface area contributed by atoms with E-state index in [2.05, 4.69) is 10.6 Å². The highest BCUT2D eigenvalue weighted by Crippen LogP contribution is 2.19. The van der Waals surface area contributed by atoms with Gasteiger partial charge in [-0.05, 0) is 42.0 Å². The van der Waals surface area contributed by atoms with E-state index in [1.165, 1.54) is 0 Å². The summed E-state index contributed by atoms with van der Waals surface area (Å²) in [6, 6.07) is 24.9. The molecule has 2 N–H and O–H groups in total. The molecular weight excluding hydrogens is 340 g/mol. The van der Waals surface area contributed by atoms with Crippen molar-refractivity contribution in [1.29, 1.82) is 0 Å². The lowest BCUT2D eigenvalue weighted by Gasteiger charge is -2.21. The molecule has 0 aliphatic heterocycles. The third-order valence-corrected chi connectivity index (χ3v) is 4.05. The number of amides is 2. The largest absolute Gasteiger partial charge is 0.497 e.